The number of carboxylic acids is 1. The van der Waals surface area contributed by atoms with Crippen LogP contribution in [0.15, 0.2) is 79.0 Å². The lowest BCUT2D eigenvalue weighted by molar-refractivity contribution is 0.0699. The van der Waals surface area contributed by atoms with Crippen molar-refractivity contribution >= 4 is 16.9 Å². The van der Waals surface area contributed by atoms with Crippen LogP contribution in [0.3, 0.4) is 0 Å². The molecular formula is C21H14N2O2. The van der Waals surface area contributed by atoms with Gasteiger partial charge in [0.1, 0.15) is 0 Å². The first-order valence-corrected chi connectivity index (χ1v) is 7.87. The lowest BCUT2D eigenvalue weighted by atomic mass is 10.0. The Hall–Kier alpha value is -3.53. The van der Waals surface area contributed by atoms with Crippen LogP contribution in [0.4, 0.5) is 0 Å². The van der Waals surface area contributed by atoms with Crippen molar-refractivity contribution in [3.8, 4) is 22.5 Å². The summed E-state index contributed by atoms with van der Waals surface area (Å²) in [5.41, 5.74) is 4.34. The molecule has 1 N–H and O–H groups in total. The maximum absolute atomic E-state index is 11.6. The van der Waals surface area contributed by atoms with Gasteiger partial charge in [-0.3, -0.25) is 4.98 Å². The Labute approximate surface area is 144 Å². The van der Waals surface area contributed by atoms with Crippen molar-refractivity contribution in [1.29, 1.82) is 0 Å². The Kier molecular flexibility index (Phi) is 3.71. The van der Waals surface area contributed by atoms with Crippen molar-refractivity contribution in [2.75, 3.05) is 0 Å². The van der Waals surface area contributed by atoms with Crippen molar-refractivity contribution < 1.29 is 9.90 Å². The van der Waals surface area contributed by atoms with E-state index in [1.54, 1.807) is 18.3 Å². The first-order valence-electron chi connectivity index (χ1n) is 7.87. The fourth-order valence-corrected chi connectivity index (χ4v) is 2.85. The van der Waals surface area contributed by atoms with Crippen molar-refractivity contribution in [2.45, 2.75) is 0 Å². The molecule has 4 aromatic rings. The predicted octanol–water partition coefficient (Wildman–Crippen LogP) is 4.66. The third-order valence-corrected chi connectivity index (χ3v) is 4.09. The summed E-state index contributed by atoms with van der Waals surface area (Å²) < 4.78 is 0. The van der Waals surface area contributed by atoms with Crippen molar-refractivity contribution in [3.05, 3.63) is 84.6 Å². The summed E-state index contributed by atoms with van der Waals surface area (Å²) >= 11 is 0. The minimum atomic E-state index is -0.954. The van der Waals surface area contributed by atoms with Gasteiger partial charge < -0.3 is 5.11 Å². The molecule has 0 aliphatic heterocycles. The molecular weight excluding hydrogens is 312 g/mol. The molecule has 0 amide bonds. The number of aromatic nitrogens is 2. The minimum absolute atomic E-state index is 0.259. The summed E-state index contributed by atoms with van der Waals surface area (Å²) in [4.78, 5) is 20.5. The van der Waals surface area contributed by atoms with E-state index < -0.39 is 5.97 Å². The van der Waals surface area contributed by atoms with E-state index >= 15 is 0 Å². The Bertz CT molecular complexity index is 1060. The molecule has 0 aliphatic rings. The maximum atomic E-state index is 11.6. The van der Waals surface area contributed by atoms with Gasteiger partial charge in [0.15, 0.2) is 0 Å². The smallest absolute Gasteiger partial charge is 0.336 e. The number of nitrogens with zero attached hydrogens (tertiary/aromatic N) is 2. The van der Waals surface area contributed by atoms with Crippen LogP contribution in [0.2, 0.25) is 0 Å². The summed E-state index contributed by atoms with van der Waals surface area (Å²) in [7, 11) is 0. The second-order valence-corrected chi connectivity index (χ2v) is 5.67. The van der Waals surface area contributed by atoms with E-state index in [-0.39, 0.29) is 5.56 Å². The molecule has 2 aromatic heterocycles. The van der Waals surface area contributed by atoms with Gasteiger partial charge in [-0.1, -0.05) is 48.5 Å². The zero-order valence-electron chi connectivity index (χ0n) is 13.3. The number of hydrogen-bond donors (Lipinski definition) is 1. The van der Waals surface area contributed by atoms with Gasteiger partial charge in [-0.15, -0.1) is 0 Å². The Morgan fingerprint density at radius 1 is 0.800 bits per heavy atom. The van der Waals surface area contributed by atoms with Crippen molar-refractivity contribution in [3.63, 3.8) is 0 Å². The van der Waals surface area contributed by atoms with Gasteiger partial charge in [0, 0.05) is 22.7 Å². The monoisotopic (exact) mass is 326 g/mol. The van der Waals surface area contributed by atoms with E-state index in [0.29, 0.717) is 16.6 Å². The second kappa shape index (κ2) is 6.17. The summed E-state index contributed by atoms with van der Waals surface area (Å²) in [6.07, 6.45) is 1.76. The number of hydrogen-bond acceptors (Lipinski definition) is 3. The summed E-state index contributed by atoms with van der Waals surface area (Å²) in [6.45, 7) is 0. The van der Waals surface area contributed by atoms with Crippen LogP contribution in [-0.4, -0.2) is 21.0 Å². The highest BCUT2D eigenvalue weighted by Crippen LogP contribution is 2.26. The van der Waals surface area contributed by atoms with Gasteiger partial charge in [-0.2, -0.15) is 0 Å². The normalized spacial score (nSPS) is 10.7. The first-order chi connectivity index (χ1) is 12.2. The fraction of sp³-hybridized carbons (Fsp3) is 0. The highest BCUT2D eigenvalue weighted by molar-refractivity contribution is 6.03. The Morgan fingerprint density at radius 2 is 1.48 bits per heavy atom. The van der Waals surface area contributed by atoms with Gasteiger partial charge in [-0.05, 0) is 24.3 Å². The number of carbonyl (C=O) groups is 1. The zero-order chi connectivity index (χ0) is 17.2. The van der Waals surface area contributed by atoms with Crippen LogP contribution in [0, 0.1) is 0 Å². The molecule has 0 radical (unpaired) electrons. The first kappa shape index (κ1) is 15.0. The molecule has 2 aromatic carbocycles. The van der Waals surface area contributed by atoms with E-state index in [1.807, 2.05) is 60.7 Å². The number of carboxylic acid groups (broad SMARTS) is 1. The van der Waals surface area contributed by atoms with Crippen LogP contribution in [0.1, 0.15) is 10.4 Å². The molecule has 25 heavy (non-hydrogen) atoms. The molecule has 0 spiro atoms. The van der Waals surface area contributed by atoms with E-state index in [0.717, 1.165) is 16.8 Å². The lowest BCUT2D eigenvalue weighted by Gasteiger charge is -2.08. The zero-order valence-corrected chi connectivity index (χ0v) is 13.3. The topological polar surface area (TPSA) is 63.1 Å². The predicted molar refractivity (Wildman–Crippen MR) is 97.4 cm³/mol. The van der Waals surface area contributed by atoms with Gasteiger partial charge >= 0.3 is 5.97 Å². The van der Waals surface area contributed by atoms with Crippen LogP contribution in [0.5, 0.6) is 0 Å². The van der Waals surface area contributed by atoms with Crippen molar-refractivity contribution in [1.82, 2.24) is 9.97 Å². The molecule has 0 atom stereocenters. The average molecular weight is 326 g/mol. The molecule has 0 bridgehead atoms. The Balaban J connectivity index is 1.81. The van der Waals surface area contributed by atoms with Gasteiger partial charge in [0.05, 0.1) is 22.5 Å². The standard InChI is InChI=1S/C21H14N2O2/c24-21(25)17-13-20(23-19-7-2-1-5-16(17)19)15-10-8-14(9-11-15)18-6-3-4-12-22-18/h1-13H,(H,24,25). The molecule has 4 nitrogen and oxygen atoms in total. The molecule has 0 saturated carbocycles. The molecule has 0 aliphatic carbocycles. The van der Waals surface area contributed by atoms with E-state index in [1.165, 1.54) is 0 Å². The highest BCUT2D eigenvalue weighted by atomic mass is 16.4. The number of benzene rings is 2. The largest absolute Gasteiger partial charge is 0.478 e. The van der Waals surface area contributed by atoms with E-state index in [9.17, 15) is 9.90 Å². The van der Waals surface area contributed by atoms with Crippen LogP contribution in [0.25, 0.3) is 33.4 Å². The van der Waals surface area contributed by atoms with Gasteiger partial charge in [-0.25, -0.2) is 9.78 Å². The average Bonchev–Trinajstić information content (AvgIpc) is 2.68. The summed E-state index contributed by atoms with van der Waals surface area (Å²) in [5, 5.41) is 10.2. The van der Waals surface area contributed by atoms with E-state index in [4.69, 9.17) is 0 Å². The van der Waals surface area contributed by atoms with Crippen molar-refractivity contribution in [2.24, 2.45) is 0 Å². The lowest BCUT2D eigenvalue weighted by Crippen LogP contribution is -2.00. The number of para-hydroxylation sites is 1. The fourth-order valence-electron chi connectivity index (χ4n) is 2.85. The third kappa shape index (κ3) is 2.85. The van der Waals surface area contributed by atoms with Crippen LogP contribution in [-0.2, 0) is 0 Å². The third-order valence-electron chi connectivity index (χ3n) is 4.09. The van der Waals surface area contributed by atoms with Crippen LogP contribution >= 0.6 is 0 Å². The number of fused-ring (bicyclic) bond motifs is 1. The molecule has 4 heteroatoms. The second-order valence-electron chi connectivity index (χ2n) is 5.67. The Morgan fingerprint density at radius 3 is 2.16 bits per heavy atom. The SMILES string of the molecule is O=C(O)c1cc(-c2ccc(-c3ccccn3)cc2)nc2ccccc12. The minimum Gasteiger partial charge on any atom is -0.478 e. The maximum Gasteiger partial charge on any atom is 0.336 e. The quantitative estimate of drug-likeness (QED) is 0.594. The molecule has 2 heterocycles. The number of rotatable bonds is 3. The molecule has 120 valence electrons. The number of pyridine rings is 2. The van der Waals surface area contributed by atoms with Gasteiger partial charge in [0.2, 0.25) is 0 Å². The molecule has 0 saturated heterocycles. The summed E-state index contributed by atoms with van der Waals surface area (Å²) in [6, 6.07) is 22.5. The van der Waals surface area contributed by atoms with Crippen LogP contribution < -0.4 is 0 Å². The molecule has 4 rings (SSSR count). The summed E-state index contributed by atoms with van der Waals surface area (Å²) in [5.74, 6) is -0.954. The highest BCUT2D eigenvalue weighted by Gasteiger charge is 2.12. The van der Waals surface area contributed by atoms with E-state index in [2.05, 4.69) is 9.97 Å². The van der Waals surface area contributed by atoms with Gasteiger partial charge in [0.25, 0.3) is 0 Å². The molecule has 0 fully saturated rings. The molecule has 0 unspecified atom stereocenters. The number of aromatic carboxylic acids is 1.